The van der Waals surface area contributed by atoms with Gasteiger partial charge in [-0.05, 0) is 0 Å². The van der Waals surface area contributed by atoms with Crippen molar-refractivity contribution in [3.8, 4) is 0 Å². The van der Waals surface area contributed by atoms with Crippen molar-refractivity contribution in [2.24, 2.45) is 0 Å². The summed E-state index contributed by atoms with van der Waals surface area (Å²) < 4.78 is 1.71. The second kappa shape index (κ2) is 4.82. The van der Waals surface area contributed by atoms with Gasteiger partial charge in [-0.3, -0.25) is 0 Å². The van der Waals surface area contributed by atoms with Crippen LogP contribution < -0.4 is 0 Å². The summed E-state index contributed by atoms with van der Waals surface area (Å²) in [5.41, 5.74) is 3.01. The molecule has 1 aromatic rings. The minimum absolute atomic E-state index is 0.726. The summed E-state index contributed by atoms with van der Waals surface area (Å²) in [6, 6.07) is 8.81. The van der Waals surface area contributed by atoms with E-state index in [0.717, 1.165) is 15.0 Å². The van der Waals surface area contributed by atoms with Crippen molar-refractivity contribution in [2.45, 2.75) is 31.5 Å². The van der Waals surface area contributed by atoms with Crippen LogP contribution in [0.3, 0.4) is 0 Å². The van der Waals surface area contributed by atoms with Gasteiger partial charge in [0.1, 0.15) is 0 Å². The van der Waals surface area contributed by atoms with Gasteiger partial charge in [0, 0.05) is 0 Å². The summed E-state index contributed by atoms with van der Waals surface area (Å²) in [6.07, 6.45) is 6.42. The molecule has 0 radical (unpaired) electrons. The fraction of sp³-hybridized carbons (Fsp3) is 0.385. The topological polar surface area (TPSA) is 0 Å². The molecule has 0 aromatic heterocycles. The van der Waals surface area contributed by atoms with Gasteiger partial charge in [-0.25, -0.2) is 0 Å². The Morgan fingerprint density at radius 1 is 1.29 bits per heavy atom. The molecular weight excluding hydrogens is 235 g/mol. The molecule has 0 unspecified atom stereocenters. The Hall–Kier alpha value is -0.521. The quantitative estimate of drug-likeness (QED) is 0.722. The fourth-order valence-electron chi connectivity index (χ4n) is 1.69. The molecule has 1 heteroatoms. The third-order valence-electron chi connectivity index (χ3n) is 2.56. The number of allylic oxidation sites excluding steroid dienone is 1. The Bertz CT molecular complexity index is 339. The predicted molar refractivity (Wildman–Crippen MR) is 63.4 cm³/mol. The Labute approximate surface area is 92.6 Å². The first-order valence-electron chi connectivity index (χ1n) is 5.31. The van der Waals surface area contributed by atoms with Crippen molar-refractivity contribution >= 4 is 21.0 Å². The van der Waals surface area contributed by atoms with Crippen LogP contribution in [-0.2, 0) is 5.32 Å². The van der Waals surface area contributed by atoms with Gasteiger partial charge in [-0.1, -0.05) is 0 Å². The van der Waals surface area contributed by atoms with Gasteiger partial charge in [0.2, 0.25) is 0 Å². The normalized spacial score (nSPS) is 14.8. The zero-order valence-electron chi connectivity index (χ0n) is 8.62. The van der Waals surface area contributed by atoms with Gasteiger partial charge in [-0.15, -0.1) is 0 Å². The third-order valence-corrected chi connectivity index (χ3v) is 4.97. The van der Waals surface area contributed by atoms with Crippen LogP contribution in [0.2, 0.25) is 0 Å². The summed E-state index contributed by atoms with van der Waals surface area (Å²) >= 11 is 0.726. The maximum absolute atomic E-state index is 2.43. The molecule has 1 heterocycles. The van der Waals surface area contributed by atoms with Gasteiger partial charge in [-0.2, -0.15) is 0 Å². The average Bonchev–Trinajstić information content (AvgIpc) is 2.26. The van der Waals surface area contributed by atoms with E-state index in [1.165, 1.54) is 30.1 Å². The first-order valence-corrected chi connectivity index (χ1v) is 7.38. The van der Waals surface area contributed by atoms with E-state index in [1.54, 1.807) is 10.0 Å². The molecule has 74 valence electrons. The standard InChI is InChI=1S/C13H16Se/c1-2-3-8-13-9-11-6-4-5-7-12(11)10-14-13/h4-7,9H,2-3,8,10H2,1H3. The molecule has 0 atom stereocenters. The van der Waals surface area contributed by atoms with Gasteiger partial charge in [0.25, 0.3) is 0 Å². The first kappa shape index (κ1) is 10.0. The Kier molecular flexibility index (Phi) is 3.44. The van der Waals surface area contributed by atoms with E-state index in [2.05, 4.69) is 37.3 Å². The van der Waals surface area contributed by atoms with Crippen LogP contribution >= 0.6 is 0 Å². The zero-order chi connectivity index (χ0) is 9.80. The van der Waals surface area contributed by atoms with Crippen molar-refractivity contribution in [2.75, 3.05) is 0 Å². The van der Waals surface area contributed by atoms with E-state index in [9.17, 15) is 0 Å². The molecule has 0 fully saturated rings. The van der Waals surface area contributed by atoms with Crippen LogP contribution in [0.5, 0.6) is 0 Å². The fourth-order valence-corrected chi connectivity index (χ4v) is 4.00. The molecule has 0 bridgehead atoms. The Balaban J connectivity index is 2.14. The number of fused-ring (bicyclic) bond motifs is 1. The van der Waals surface area contributed by atoms with Crippen LogP contribution in [0.4, 0.5) is 0 Å². The molecule has 0 amide bonds. The molecule has 0 nitrogen and oxygen atoms in total. The number of benzene rings is 1. The molecule has 2 rings (SSSR count). The molecule has 1 aromatic carbocycles. The molecule has 0 saturated heterocycles. The van der Waals surface area contributed by atoms with Crippen LogP contribution in [-0.4, -0.2) is 15.0 Å². The molecule has 0 saturated carbocycles. The van der Waals surface area contributed by atoms with Crippen molar-refractivity contribution in [3.05, 3.63) is 39.9 Å². The van der Waals surface area contributed by atoms with Crippen molar-refractivity contribution in [1.82, 2.24) is 0 Å². The van der Waals surface area contributed by atoms with Crippen molar-refractivity contribution in [1.29, 1.82) is 0 Å². The van der Waals surface area contributed by atoms with E-state index in [-0.39, 0.29) is 0 Å². The molecule has 14 heavy (non-hydrogen) atoms. The molecule has 1 aliphatic rings. The van der Waals surface area contributed by atoms with Crippen LogP contribution in [0.15, 0.2) is 28.7 Å². The predicted octanol–water partition coefficient (Wildman–Crippen LogP) is 3.44. The van der Waals surface area contributed by atoms with Gasteiger partial charge in [0.15, 0.2) is 0 Å². The number of hydrogen-bond acceptors (Lipinski definition) is 0. The first-order chi connectivity index (χ1) is 6.90. The number of rotatable bonds is 3. The molecule has 0 spiro atoms. The van der Waals surface area contributed by atoms with Gasteiger partial charge in [0.05, 0.1) is 0 Å². The molecule has 0 aliphatic carbocycles. The summed E-state index contributed by atoms with van der Waals surface area (Å²) in [6.45, 7) is 2.27. The second-order valence-corrected chi connectivity index (χ2v) is 6.01. The van der Waals surface area contributed by atoms with Crippen LogP contribution in [0.1, 0.15) is 37.3 Å². The van der Waals surface area contributed by atoms with Crippen molar-refractivity contribution in [3.63, 3.8) is 0 Å². The van der Waals surface area contributed by atoms with Crippen LogP contribution in [0, 0.1) is 0 Å². The average molecular weight is 251 g/mol. The zero-order valence-corrected chi connectivity index (χ0v) is 10.3. The summed E-state index contributed by atoms with van der Waals surface area (Å²) in [5.74, 6) is 0. The third kappa shape index (κ3) is 2.29. The van der Waals surface area contributed by atoms with Gasteiger partial charge < -0.3 is 0 Å². The maximum atomic E-state index is 2.43. The monoisotopic (exact) mass is 252 g/mol. The van der Waals surface area contributed by atoms with E-state index < -0.39 is 0 Å². The molecule has 0 N–H and O–H groups in total. The minimum atomic E-state index is 0.726. The van der Waals surface area contributed by atoms with Crippen LogP contribution in [0.25, 0.3) is 6.08 Å². The van der Waals surface area contributed by atoms with E-state index in [1.807, 2.05) is 0 Å². The Morgan fingerprint density at radius 2 is 2.14 bits per heavy atom. The summed E-state index contributed by atoms with van der Waals surface area (Å²) in [5, 5.41) is 1.30. The molecular formula is C13H16Se. The summed E-state index contributed by atoms with van der Waals surface area (Å²) in [4.78, 5) is 0. The summed E-state index contributed by atoms with van der Waals surface area (Å²) in [7, 11) is 0. The number of hydrogen-bond donors (Lipinski definition) is 0. The van der Waals surface area contributed by atoms with E-state index in [0.29, 0.717) is 0 Å². The van der Waals surface area contributed by atoms with E-state index in [4.69, 9.17) is 0 Å². The Morgan fingerprint density at radius 3 is 3.00 bits per heavy atom. The van der Waals surface area contributed by atoms with Gasteiger partial charge >= 0.3 is 92.4 Å². The number of unbranched alkanes of at least 4 members (excludes halogenated alkanes) is 1. The SMILES string of the molecule is CCCCC1=Cc2ccccc2C[Se]1. The second-order valence-electron chi connectivity index (χ2n) is 3.70. The van der Waals surface area contributed by atoms with E-state index >= 15 is 0 Å². The molecule has 1 aliphatic heterocycles. The van der Waals surface area contributed by atoms with Crippen molar-refractivity contribution < 1.29 is 0 Å².